The molecule has 0 bridgehead atoms. The van der Waals surface area contributed by atoms with Gasteiger partial charge in [-0.05, 0) is 38.2 Å². The van der Waals surface area contributed by atoms with Crippen LogP contribution in [0.2, 0.25) is 0 Å². The number of aromatic nitrogens is 5. The number of ether oxygens (including phenoxy) is 2. The first-order valence-electron chi connectivity index (χ1n) is 11.0. The van der Waals surface area contributed by atoms with Crippen molar-refractivity contribution in [3.05, 3.63) is 59.7 Å². The lowest BCUT2D eigenvalue weighted by Gasteiger charge is -2.11. The first-order chi connectivity index (χ1) is 16.4. The number of hydrogen-bond acceptors (Lipinski definition) is 8. The molecule has 2 N–H and O–H groups in total. The summed E-state index contributed by atoms with van der Waals surface area (Å²) in [6.07, 6.45) is 2.71. The molecule has 34 heavy (non-hydrogen) atoms. The van der Waals surface area contributed by atoms with E-state index in [4.69, 9.17) is 15.2 Å². The van der Waals surface area contributed by atoms with Crippen molar-refractivity contribution in [2.75, 3.05) is 39.6 Å². The maximum absolute atomic E-state index is 13.9. The summed E-state index contributed by atoms with van der Waals surface area (Å²) in [7, 11) is 4.03. The highest BCUT2D eigenvalue weighted by atomic mass is 19.1. The first-order valence-corrected chi connectivity index (χ1v) is 11.0. The molecule has 9 nitrogen and oxygen atoms in total. The van der Waals surface area contributed by atoms with Crippen molar-refractivity contribution in [3.63, 3.8) is 0 Å². The van der Waals surface area contributed by atoms with Crippen LogP contribution < -0.4 is 10.5 Å². The number of benzene rings is 1. The molecular weight excluding hydrogens is 437 g/mol. The van der Waals surface area contributed by atoms with E-state index in [-0.39, 0.29) is 11.8 Å². The molecule has 0 unspecified atom stereocenters. The molecule has 0 saturated heterocycles. The lowest BCUT2D eigenvalue weighted by atomic mass is 10.1. The first kappa shape index (κ1) is 23.5. The summed E-state index contributed by atoms with van der Waals surface area (Å²) < 4.78 is 27.0. The normalized spacial score (nSPS) is 11.4. The van der Waals surface area contributed by atoms with Gasteiger partial charge in [0.05, 0.1) is 32.6 Å². The van der Waals surface area contributed by atoms with Gasteiger partial charge < -0.3 is 24.7 Å². The van der Waals surface area contributed by atoms with E-state index in [1.165, 1.54) is 6.07 Å². The van der Waals surface area contributed by atoms with Crippen LogP contribution in [0.1, 0.15) is 18.1 Å². The predicted molar refractivity (Wildman–Crippen MR) is 128 cm³/mol. The Morgan fingerprint density at radius 3 is 2.53 bits per heavy atom. The van der Waals surface area contributed by atoms with Crippen LogP contribution in [0.5, 0.6) is 6.01 Å². The third kappa shape index (κ3) is 5.46. The van der Waals surface area contributed by atoms with Gasteiger partial charge in [-0.3, -0.25) is 4.98 Å². The van der Waals surface area contributed by atoms with E-state index in [1.54, 1.807) is 6.20 Å². The van der Waals surface area contributed by atoms with Gasteiger partial charge in [0.2, 0.25) is 0 Å². The Labute approximate surface area is 197 Å². The van der Waals surface area contributed by atoms with Crippen LogP contribution in [0.25, 0.3) is 22.6 Å². The number of fused-ring (bicyclic) bond motifs is 1. The molecule has 178 valence electrons. The predicted octanol–water partition coefficient (Wildman–Crippen LogP) is 3.13. The molecule has 0 spiro atoms. The SMILES string of the molecule is CCOc1nc(N)c2nc(-c3cncc(F)c3)n(Cc3ccc(COCCN(C)C)cc3)c2n1. The van der Waals surface area contributed by atoms with E-state index in [9.17, 15) is 4.39 Å². The minimum Gasteiger partial charge on any atom is -0.464 e. The second-order valence-electron chi connectivity index (χ2n) is 8.08. The number of rotatable bonds is 10. The second-order valence-corrected chi connectivity index (χ2v) is 8.08. The average Bonchev–Trinajstić information content (AvgIpc) is 3.17. The lowest BCUT2D eigenvalue weighted by molar-refractivity contribution is 0.105. The van der Waals surface area contributed by atoms with E-state index in [0.29, 0.717) is 48.9 Å². The zero-order valence-electron chi connectivity index (χ0n) is 19.5. The van der Waals surface area contributed by atoms with Crippen LogP contribution in [-0.4, -0.2) is 63.3 Å². The minimum atomic E-state index is -0.455. The molecule has 10 heteroatoms. The molecule has 0 aliphatic carbocycles. The monoisotopic (exact) mass is 465 g/mol. The highest BCUT2D eigenvalue weighted by molar-refractivity contribution is 5.85. The zero-order valence-corrected chi connectivity index (χ0v) is 19.5. The molecule has 0 radical (unpaired) electrons. The van der Waals surface area contributed by atoms with Gasteiger partial charge in [0.15, 0.2) is 17.0 Å². The van der Waals surface area contributed by atoms with Crippen LogP contribution in [0.15, 0.2) is 42.7 Å². The summed E-state index contributed by atoms with van der Waals surface area (Å²) in [5.74, 6) is 0.236. The van der Waals surface area contributed by atoms with Gasteiger partial charge in [-0.15, -0.1) is 0 Å². The Kier molecular flexibility index (Phi) is 7.29. The van der Waals surface area contributed by atoms with Crippen molar-refractivity contribution in [3.8, 4) is 17.4 Å². The van der Waals surface area contributed by atoms with Gasteiger partial charge in [0.25, 0.3) is 0 Å². The van der Waals surface area contributed by atoms with E-state index < -0.39 is 5.82 Å². The van der Waals surface area contributed by atoms with Crippen molar-refractivity contribution in [2.24, 2.45) is 0 Å². The fourth-order valence-electron chi connectivity index (χ4n) is 3.46. The summed E-state index contributed by atoms with van der Waals surface area (Å²) in [6, 6.07) is 9.66. The van der Waals surface area contributed by atoms with Crippen LogP contribution in [0.3, 0.4) is 0 Å². The van der Waals surface area contributed by atoms with E-state index in [2.05, 4.69) is 24.8 Å². The molecule has 3 heterocycles. The van der Waals surface area contributed by atoms with Crippen molar-refractivity contribution in [1.29, 1.82) is 0 Å². The quantitative estimate of drug-likeness (QED) is 0.356. The number of hydrogen-bond donors (Lipinski definition) is 1. The topological polar surface area (TPSA) is 104 Å². The van der Waals surface area contributed by atoms with Crippen LogP contribution in [0.4, 0.5) is 10.2 Å². The highest BCUT2D eigenvalue weighted by Crippen LogP contribution is 2.28. The van der Waals surface area contributed by atoms with Gasteiger partial charge in [0, 0.05) is 18.3 Å². The van der Waals surface area contributed by atoms with Crippen molar-refractivity contribution < 1.29 is 13.9 Å². The Hall–Kier alpha value is -3.63. The Balaban J connectivity index is 1.67. The summed E-state index contributed by atoms with van der Waals surface area (Å²) in [6.45, 7) is 4.77. The third-order valence-electron chi connectivity index (χ3n) is 5.15. The Morgan fingerprint density at radius 1 is 1.06 bits per heavy atom. The van der Waals surface area contributed by atoms with Crippen molar-refractivity contribution in [2.45, 2.75) is 20.1 Å². The molecule has 0 aliphatic rings. The summed E-state index contributed by atoms with van der Waals surface area (Å²) in [5.41, 5.74) is 9.69. The maximum atomic E-state index is 13.9. The van der Waals surface area contributed by atoms with Gasteiger partial charge in [0.1, 0.15) is 11.6 Å². The molecule has 0 saturated carbocycles. The van der Waals surface area contributed by atoms with Crippen molar-refractivity contribution in [1.82, 2.24) is 29.4 Å². The molecule has 0 amide bonds. The number of anilines is 1. The van der Waals surface area contributed by atoms with Gasteiger partial charge in [-0.2, -0.15) is 9.97 Å². The number of nitrogens with zero attached hydrogens (tertiary/aromatic N) is 6. The summed E-state index contributed by atoms with van der Waals surface area (Å²) in [5, 5.41) is 0. The van der Waals surface area contributed by atoms with Gasteiger partial charge in [-0.1, -0.05) is 24.3 Å². The van der Waals surface area contributed by atoms with E-state index in [1.807, 2.05) is 49.9 Å². The molecule has 0 fully saturated rings. The molecule has 0 atom stereocenters. The fraction of sp³-hybridized carbons (Fsp3) is 0.333. The van der Waals surface area contributed by atoms with Crippen LogP contribution >= 0.6 is 0 Å². The van der Waals surface area contributed by atoms with Gasteiger partial charge in [-0.25, -0.2) is 9.37 Å². The van der Waals surface area contributed by atoms with E-state index in [0.717, 1.165) is 23.9 Å². The maximum Gasteiger partial charge on any atom is 0.320 e. The third-order valence-corrected chi connectivity index (χ3v) is 5.15. The van der Waals surface area contributed by atoms with Gasteiger partial charge >= 0.3 is 6.01 Å². The standard InChI is InChI=1S/C24H28FN7O2/c1-4-34-24-29-21(26)20-23(30-24)32(22(28-20)18-11-19(25)13-27-12-18)14-16-5-7-17(8-6-16)15-33-10-9-31(2)3/h5-8,11-13H,4,9-10,14-15H2,1-3H3,(H2,26,29,30). The molecule has 0 aliphatic heterocycles. The largest absolute Gasteiger partial charge is 0.464 e. The molecule has 4 aromatic rings. The van der Waals surface area contributed by atoms with Crippen molar-refractivity contribution >= 4 is 17.0 Å². The van der Waals surface area contributed by atoms with Crippen LogP contribution in [0, 0.1) is 5.82 Å². The summed E-state index contributed by atoms with van der Waals surface area (Å²) >= 11 is 0. The number of likely N-dealkylation sites (N-methyl/N-ethyl adjacent to an activating group) is 1. The minimum absolute atomic E-state index is 0.169. The molecular formula is C24H28FN7O2. The fourth-order valence-corrected chi connectivity index (χ4v) is 3.46. The highest BCUT2D eigenvalue weighted by Gasteiger charge is 2.19. The second kappa shape index (κ2) is 10.5. The number of nitrogens with two attached hydrogens (primary N) is 1. The van der Waals surface area contributed by atoms with Crippen LogP contribution in [-0.2, 0) is 17.9 Å². The molecule has 3 aromatic heterocycles. The molecule has 4 rings (SSSR count). The smallest absolute Gasteiger partial charge is 0.320 e. The number of imidazole rings is 1. The molecule has 1 aromatic carbocycles. The Morgan fingerprint density at radius 2 is 1.82 bits per heavy atom. The summed E-state index contributed by atoms with van der Waals surface area (Å²) in [4.78, 5) is 19.4. The zero-order chi connectivity index (χ0) is 24.1. The van der Waals surface area contributed by atoms with E-state index >= 15 is 0 Å². The average molecular weight is 466 g/mol. The Bertz CT molecular complexity index is 1260. The number of pyridine rings is 1. The number of halogens is 1. The number of nitrogen functional groups attached to an aromatic ring is 1. The lowest BCUT2D eigenvalue weighted by Crippen LogP contribution is -2.17.